The molecule has 1 aromatic carbocycles. The molecule has 1 N–H and O–H groups in total. The average molecular weight is 328 g/mol. The van der Waals surface area contributed by atoms with Gasteiger partial charge in [-0.05, 0) is 18.4 Å². The summed E-state index contributed by atoms with van der Waals surface area (Å²) in [5.74, 6) is -0.0872. The highest BCUT2D eigenvalue weighted by Crippen LogP contribution is 2.40. The van der Waals surface area contributed by atoms with Crippen LogP contribution < -0.4 is 5.32 Å². The molecule has 3 aliphatic rings. The molecule has 0 spiro atoms. The molecule has 1 aliphatic carbocycles. The van der Waals surface area contributed by atoms with Crippen LogP contribution in [-0.4, -0.2) is 46.3 Å². The number of urea groups is 1. The minimum Gasteiger partial charge on any atom is -0.330 e. The summed E-state index contributed by atoms with van der Waals surface area (Å²) in [6, 6.07) is 5.35. The van der Waals surface area contributed by atoms with E-state index in [1.165, 1.54) is 17.0 Å². The number of benzene rings is 1. The molecule has 0 bridgehead atoms. The predicted octanol–water partition coefficient (Wildman–Crippen LogP) is 1.55. The lowest BCUT2D eigenvalue weighted by atomic mass is 9.95. The van der Waals surface area contributed by atoms with Crippen LogP contribution >= 0.6 is 0 Å². The molecular weight excluding hydrogens is 312 g/mol. The van der Waals surface area contributed by atoms with Gasteiger partial charge in [0.05, 0.1) is 28.8 Å². The third kappa shape index (κ3) is 2.14. The lowest BCUT2D eigenvalue weighted by Gasteiger charge is -2.31. The van der Waals surface area contributed by atoms with E-state index in [1.54, 1.807) is 24.1 Å². The van der Waals surface area contributed by atoms with Gasteiger partial charge in [0.25, 0.3) is 11.6 Å². The first-order valence-corrected chi connectivity index (χ1v) is 7.80. The van der Waals surface area contributed by atoms with Crippen LogP contribution in [0.4, 0.5) is 10.5 Å². The summed E-state index contributed by atoms with van der Waals surface area (Å²) in [4.78, 5) is 38.9. The fourth-order valence-corrected chi connectivity index (χ4v) is 3.34. The largest absolute Gasteiger partial charge is 0.330 e. The number of hydrogen-bond donors (Lipinski definition) is 1. The van der Waals surface area contributed by atoms with Gasteiger partial charge in [0, 0.05) is 25.2 Å². The van der Waals surface area contributed by atoms with Crippen LogP contribution in [0.15, 0.2) is 35.5 Å². The molecule has 8 heteroatoms. The van der Waals surface area contributed by atoms with Crippen molar-refractivity contribution in [1.82, 2.24) is 15.1 Å². The third-order valence-electron chi connectivity index (χ3n) is 4.79. The van der Waals surface area contributed by atoms with E-state index in [-0.39, 0.29) is 23.7 Å². The number of nitrogens with one attached hydrogen (secondary N) is 1. The highest BCUT2D eigenvalue weighted by Gasteiger charge is 2.47. The number of nitro groups is 1. The van der Waals surface area contributed by atoms with Crippen LogP contribution in [0, 0.1) is 10.1 Å². The van der Waals surface area contributed by atoms with E-state index in [4.69, 9.17) is 0 Å². The summed E-state index contributed by atoms with van der Waals surface area (Å²) < 4.78 is 0. The summed E-state index contributed by atoms with van der Waals surface area (Å²) in [5, 5.41) is 13.8. The Morgan fingerprint density at radius 2 is 2.04 bits per heavy atom. The fraction of sp³-hybridized carbons (Fsp3) is 0.375. The Balaban J connectivity index is 1.77. The highest BCUT2D eigenvalue weighted by atomic mass is 16.6. The second-order valence-corrected chi connectivity index (χ2v) is 6.32. The zero-order valence-corrected chi connectivity index (χ0v) is 13.1. The zero-order chi connectivity index (χ0) is 17.0. The summed E-state index contributed by atoms with van der Waals surface area (Å²) in [6.45, 7) is 0.425. The Morgan fingerprint density at radius 3 is 2.71 bits per heavy atom. The Kier molecular flexibility index (Phi) is 3.09. The summed E-state index contributed by atoms with van der Waals surface area (Å²) in [6.07, 6.45) is 1.97. The van der Waals surface area contributed by atoms with Gasteiger partial charge in [-0.25, -0.2) is 4.79 Å². The van der Waals surface area contributed by atoms with Gasteiger partial charge in [-0.1, -0.05) is 12.1 Å². The second-order valence-electron chi connectivity index (χ2n) is 6.32. The van der Waals surface area contributed by atoms with Gasteiger partial charge in [-0.3, -0.25) is 19.8 Å². The van der Waals surface area contributed by atoms with Crippen LogP contribution in [0.1, 0.15) is 24.4 Å². The molecular formula is C16H16N4O4. The van der Waals surface area contributed by atoms with E-state index in [2.05, 4.69) is 5.32 Å². The van der Waals surface area contributed by atoms with E-state index in [0.29, 0.717) is 23.4 Å². The van der Waals surface area contributed by atoms with Gasteiger partial charge in [-0.15, -0.1) is 0 Å². The Hall–Kier alpha value is -2.90. The molecule has 24 heavy (non-hydrogen) atoms. The Labute approximate surface area is 137 Å². The smallest absolute Gasteiger partial charge is 0.322 e. The molecule has 1 fully saturated rings. The molecule has 1 atom stereocenters. The number of rotatable bonds is 3. The zero-order valence-electron chi connectivity index (χ0n) is 13.1. The Morgan fingerprint density at radius 1 is 1.29 bits per heavy atom. The van der Waals surface area contributed by atoms with Crippen molar-refractivity contribution in [2.24, 2.45) is 0 Å². The summed E-state index contributed by atoms with van der Waals surface area (Å²) >= 11 is 0. The number of carbonyl (C=O) groups is 2. The number of hydrogen-bond acceptors (Lipinski definition) is 4. The molecule has 2 heterocycles. The monoisotopic (exact) mass is 328 g/mol. The van der Waals surface area contributed by atoms with Crippen molar-refractivity contribution in [1.29, 1.82) is 0 Å². The standard InChI is InChI=1S/C16H16N4O4/c1-18-12-8-19(10-5-6-10)15(21)13(12)14(17-16(18)22)9-3-2-4-11(7-9)20(23)24/h2-4,7,10,14H,5-6,8H2,1H3,(H,17,22)/t14-/m0/s1. The second kappa shape index (κ2) is 5.05. The Bertz CT molecular complexity index is 799. The van der Waals surface area contributed by atoms with E-state index in [0.717, 1.165) is 12.8 Å². The van der Waals surface area contributed by atoms with Gasteiger partial charge in [0.15, 0.2) is 0 Å². The van der Waals surface area contributed by atoms with Crippen LogP contribution in [0.2, 0.25) is 0 Å². The minimum atomic E-state index is -0.653. The molecule has 2 aliphatic heterocycles. The number of likely N-dealkylation sites (N-methyl/N-ethyl adjacent to an activating group) is 1. The minimum absolute atomic E-state index is 0.0627. The van der Waals surface area contributed by atoms with Crippen LogP contribution in [-0.2, 0) is 4.79 Å². The first-order chi connectivity index (χ1) is 11.5. The molecule has 0 saturated heterocycles. The maximum atomic E-state index is 12.8. The highest BCUT2D eigenvalue weighted by molar-refractivity contribution is 6.01. The summed E-state index contributed by atoms with van der Waals surface area (Å²) in [5.41, 5.74) is 1.69. The molecule has 124 valence electrons. The van der Waals surface area contributed by atoms with Crippen LogP contribution in [0.5, 0.6) is 0 Å². The molecule has 1 aromatic rings. The maximum absolute atomic E-state index is 12.8. The van der Waals surface area contributed by atoms with Gasteiger partial charge in [-0.2, -0.15) is 0 Å². The van der Waals surface area contributed by atoms with Crippen molar-refractivity contribution in [3.05, 3.63) is 51.2 Å². The molecule has 1 saturated carbocycles. The number of non-ortho nitro benzene ring substituents is 1. The first kappa shape index (κ1) is 14.7. The molecule has 0 radical (unpaired) electrons. The lowest BCUT2D eigenvalue weighted by molar-refractivity contribution is -0.384. The molecule has 3 amide bonds. The first-order valence-electron chi connectivity index (χ1n) is 7.80. The quantitative estimate of drug-likeness (QED) is 0.672. The van der Waals surface area contributed by atoms with Gasteiger partial charge in [0.2, 0.25) is 0 Å². The summed E-state index contributed by atoms with van der Waals surface area (Å²) in [7, 11) is 1.64. The van der Waals surface area contributed by atoms with Gasteiger partial charge >= 0.3 is 6.03 Å². The topological polar surface area (TPSA) is 95.8 Å². The number of carbonyl (C=O) groups excluding carboxylic acids is 2. The fourth-order valence-electron chi connectivity index (χ4n) is 3.34. The molecule has 4 rings (SSSR count). The van der Waals surface area contributed by atoms with Crippen molar-refractivity contribution in [3.8, 4) is 0 Å². The van der Waals surface area contributed by atoms with E-state index in [9.17, 15) is 19.7 Å². The van der Waals surface area contributed by atoms with E-state index < -0.39 is 11.0 Å². The maximum Gasteiger partial charge on any atom is 0.322 e. The molecule has 0 unspecified atom stereocenters. The van der Waals surface area contributed by atoms with Crippen molar-refractivity contribution < 1.29 is 14.5 Å². The molecule has 8 nitrogen and oxygen atoms in total. The van der Waals surface area contributed by atoms with Crippen molar-refractivity contribution >= 4 is 17.6 Å². The van der Waals surface area contributed by atoms with Gasteiger partial charge in [0.1, 0.15) is 0 Å². The third-order valence-corrected chi connectivity index (χ3v) is 4.79. The number of nitrogens with zero attached hydrogens (tertiary/aromatic N) is 3. The van der Waals surface area contributed by atoms with E-state index in [1.807, 2.05) is 0 Å². The lowest BCUT2D eigenvalue weighted by Crippen LogP contribution is -2.45. The molecule has 0 aromatic heterocycles. The SMILES string of the molecule is CN1C(=O)N[C@@H](c2cccc([N+](=O)[O-])c2)C2=C1CN(C1CC1)C2=O. The van der Waals surface area contributed by atoms with Crippen LogP contribution in [0.3, 0.4) is 0 Å². The predicted molar refractivity (Wildman–Crippen MR) is 83.9 cm³/mol. The van der Waals surface area contributed by atoms with Crippen molar-refractivity contribution in [3.63, 3.8) is 0 Å². The van der Waals surface area contributed by atoms with Crippen molar-refractivity contribution in [2.75, 3.05) is 13.6 Å². The van der Waals surface area contributed by atoms with Gasteiger partial charge < -0.3 is 10.2 Å². The average Bonchev–Trinajstić information content (AvgIpc) is 3.35. The van der Waals surface area contributed by atoms with Crippen LogP contribution in [0.25, 0.3) is 0 Å². The van der Waals surface area contributed by atoms with Crippen molar-refractivity contribution in [2.45, 2.75) is 24.9 Å². The number of amides is 3. The number of nitro benzene ring substituents is 1. The normalized spacial score (nSPS) is 23.5. The van der Waals surface area contributed by atoms with E-state index >= 15 is 0 Å².